The number of nitrogens with zero attached hydrogens (tertiary/aromatic N) is 1. The lowest BCUT2D eigenvalue weighted by atomic mass is 10.3. The summed E-state index contributed by atoms with van der Waals surface area (Å²) in [5.41, 5.74) is 6.29. The van der Waals surface area contributed by atoms with Gasteiger partial charge in [0.25, 0.3) is 5.91 Å². The molecule has 110 valence electrons. The van der Waals surface area contributed by atoms with Gasteiger partial charge in [0.2, 0.25) is 0 Å². The van der Waals surface area contributed by atoms with Crippen molar-refractivity contribution in [2.24, 2.45) is 0 Å². The highest BCUT2D eigenvalue weighted by Crippen LogP contribution is 2.28. The second-order valence-electron chi connectivity index (χ2n) is 5.19. The van der Waals surface area contributed by atoms with Crippen LogP contribution in [0.2, 0.25) is 0 Å². The van der Waals surface area contributed by atoms with Crippen LogP contribution in [0.1, 0.15) is 18.6 Å². The average molecular weight is 286 g/mol. The van der Waals surface area contributed by atoms with Crippen molar-refractivity contribution < 1.29 is 13.9 Å². The molecule has 5 heteroatoms. The Morgan fingerprint density at radius 2 is 2.05 bits per heavy atom. The minimum Gasteiger partial charge on any atom is -0.484 e. The molecule has 0 atom stereocenters. The summed E-state index contributed by atoms with van der Waals surface area (Å²) in [5, 5.41) is 0. The van der Waals surface area contributed by atoms with Gasteiger partial charge in [0, 0.05) is 11.7 Å². The lowest BCUT2D eigenvalue weighted by Crippen LogP contribution is -2.36. The van der Waals surface area contributed by atoms with Gasteiger partial charge in [0.15, 0.2) is 6.61 Å². The van der Waals surface area contributed by atoms with Crippen LogP contribution in [0.5, 0.6) is 5.75 Å². The van der Waals surface area contributed by atoms with Gasteiger partial charge in [0.05, 0.1) is 12.8 Å². The molecule has 2 aromatic rings. The summed E-state index contributed by atoms with van der Waals surface area (Å²) >= 11 is 0. The zero-order chi connectivity index (χ0) is 14.7. The number of hydrogen-bond donors (Lipinski definition) is 1. The maximum absolute atomic E-state index is 12.3. The van der Waals surface area contributed by atoms with E-state index in [1.54, 1.807) is 30.5 Å². The minimum absolute atomic E-state index is 0.0225. The maximum atomic E-state index is 12.3. The van der Waals surface area contributed by atoms with Gasteiger partial charge in [-0.1, -0.05) is 0 Å². The molecule has 5 nitrogen and oxygen atoms in total. The molecule has 0 bridgehead atoms. The van der Waals surface area contributed by atoms with Gasteiger partial charge in [-0.2, -0.15) is 0 Å². The number of carbonyl (C=O) groups is 1. The summed E-state index contributed by atoms with van der Waals surface area (Å²) < 4.78 is 10.8. The van der Waals surface area contributed by atoms with Gasteiger partial charge in [-0.05, 0) is 49.2 Å². The van der Waals surface area contributed by atoms with Crippen LogP contribution in [0.25, 0.3) is 0 Å². The van der Waals surface area contributed by atoms with E-state index in [2.05, 4.69) is 0 Å². The Kier molecular flexibility index (Phi) is 3.81. The van der Waals surface area contributed by atoms with E-state index >= 15 is 0 Å². The minimum atomic E-state index is -0.0225. The monoisotopic (exact) mass is 286 g/mol. The van der Waals surface area contributed by atoms with Crippen molar-refractivity contribution in [1.29, 1.82) is 0 Å². The molecular formula is C16H18N2O3. The Hall–Kier alpha value is -2.43. The molecule has 21 heavy (non-hydrogen) atoms. The number of benzene rings is 1. The molecular weight excluding hydrogens is 268 g/mol. The smallest absolute Gasteiger partial charge is 0.261 e. The fourth-order valence-corrected chi connectivity index (χ4v) is 2.17. The Morgan fingerprint density at radius 1 is 1.29 bits per heavy atom. The largest absolute Gasteiger partial charge is 0.484 e. The predicted molar refractivity (Wildman–Crippen MR) is 78.6 cm³/mol. The van der Waals surface area contributed by atoms with Gasteiger partial charge < -0.3 is 19.8 Å². The van der Waals surface area contributed by atoms with Crippen LogP contribution in [-0.2, 0) is 11.3 Å². The standard InChI is InChI=1S/C16H18N2O3/c17-12-3-7-14(8-4-12)21-11-16(19)18(13-5-6-13)10-15-2-1-9-20-15/h1-4,7-9,13H,5-6,10-11,17H2. The number of amides is 1. The summed E-state index contributed by atoms with van der Waals surface area (Å²) in [5.74, 6) is 1.42. The molecule has 0 spiro atoms. The molecule has 1 saturated carbocycles. The van der Waals surface area contributed by atoms with Gasteiger partial charge >= 0.3 is 0 Å². The summed E-state index contributed by atoms with van der Waals surface area (Å²) in [6.07, 6.45) is 3.72. The SMILES string of the molecule is Nc1ccc(OCC(=O)N(Cc2ccco2)C2CC2)cc1. The van der Waals surface area contributed by atoms with Crippen LogP contribution in [0, 0.1) is 0 Å². The Balaban J connectivity index is 1.58. The van der Waals surface area contributed by atoms with Crippen molar-refractivity contribution in [3.8, 4) is 5.75 Å². The van der Waals surface area contributed by atoms with Crippen molar-refractivity contribution >= 4 is 11.6 Å². The molecule has 1 aliphatic carbocycles. The van der Waals surface area contributed by atoms with E-state index in [-0.39, 0.29) is 12.5 Å². The molecule has 0 radical (unpaired) electrons. The van der Waals surface area contributed by atoms with E-state index in [9.17, 15) is 4.79 Å². The summed E-state index contributed by atoms with van der Waals surface area (Å²) in [7, 11) is 0. The Morgan fingerprint density at radius 3 is 2.67 bits per heavy atom. The third kappa shape index (κ3) is 3.56. The van der Waals surface area contributed by atoms with Gasteiger partial charge in [0.1, 0.15) is 11.5 Å². The number of rotatable bonds is 6. The number of hydrogen-bond acceptors (Lipinski definition) is 4. The van der Waals surface area contributed by atoms with E-state index in [1.165, 1.54) is 0 Å². The van der Waals surface area contributed by atoms with Crippen molar-refractivity contribution in [2.75, 3.05) is 12.3 Å². The van der Waals surface area contributed by atoms with Crippen molar-refractivity contribution in [3.63, 3.8) is 0 Å². The van der Waals surface area contributed by atoms with Crippen LogP contribution >= 0.6 is 0 Å². The second-order valence-corrected chi connectivity index (χ2v) is 5.19. The Bertz CT molecular complexity index is 588. The van der Waals surface area contributed by atoms with Gasteiger partial charge in [-0.25, -0.2) is 0 Å². The molecule has 1 aromatic heterocycles. The summed E-state index contributed by atoms with van der Waals surface area (Å²) in [6, 6.07) is 11.0. The molecule has 1 aliphatic rings. The molecule has 0 aliphatic heterocycles. The number of furan rings is 1. The molecule has 2 N–H and O–H groups in total. The van der Waals surface area contributed by atoms with Crippen molar-refractivity contribution in [2.45, 2.75) is 25.4 Å². The topological polar surface area (TPSA) is 68.7 Å². The molecule has 1 fully saturated rings. The Labute approximate surface area is 123 Å². The molecule has 1 aromatic carbocycles. The summed E-state index contributed by atoms with van der Waals surface area (Å²) in [6.45, 7) is 0.530. The average Bonchev–Trinajstić information content (AvgIpc) is 3.20. The zero-order valence-corrected chi connectivity index (χ0v) is 11.7. The maximum Gasteiger partial charge on any atom is 0.261 e. The fraction of sp³-hybridized carbons (Fsp3) is 0.312. The number of anilines is 1. The first-order valence-electron chi connectivity index (χ1n) is 7.02. The highest BCUT2D eigenvalue weighted by molar-refractivity contribution is 5.78. The third-order valence-corrected chi connectivity index (χ3v) is 3.46. The number of nitrogen functional groups attached to an aromatic ring is 1. The lowest BCUT2D eigenvalue weighted by Gasteiger charge is -2.21. The van der Waals surface area contributed by atoms with E-state index in [0.29, 0.717) is 24.0 Å². The van der Waals surface area contributed by atoms with Crippen LogP contribution in [0.15, 0.2) is 47.1 Å². The fourth-order valence-electron chi connectivity index (χ4n) is 2.17. The number of ether oxygens (including phenoxy) is 1. The lowest BCUT2D eigenvalue weighted by molar-refractivity contribution is -0.134. The van der Waals surface area contributed by atoms with Crippen LogP contribution in [0.3, 0.4) is 0 Å². The number of carbonyl (C=O) groups excluding carboxylic acids is 1. The first kappa shape index (κ1) is 13.5. The zero-order valence-electron chi connectivity index (χ0n) is 11.7. The predicted octanol–water partition coefficient (Wildman–Crippen LogP) is 2.43. The number of nitrogens with two attached hydrogens (primary N) is 1. The van der Waals surface area contributed by atoms with E-state index in [0.717, 1.165) is 18.6 Å². The van der Waals surface area contributed by atoms with E-state index in [4.69, 9.17) is 14.9 Å². The van der Waals surface area contributed by atoms with Gasteiger partial charge in [-0.15, -0.1) is 0 Å². The van der Waals surface area contributed by atoms with Crippen molar-refractivity contribution in [3.05, 3.63) is 48.4 Å². The normalized spacial score (nSPS) is 13.9. The van der Waals surface area contributed by atoms with Gasteiger partial charge in [-0.3, -0.25) is 4.79 Å². The first-order valence-corrected chi connectivity index (χ1v) is 7.02. The van der Waals surface area contributed by atoms with Crippen LogP contribution in [-0.4, -0.2) is 23.5 Å². The van der Waals surface area contributed by atoms with E-state index in [1.807, 2.05) is 17.0 Å². The van der Waals surface area contributed by atoms with E-state index < -0.39 is 0 Å². The molecule has 3 rings (SSSR count). The highest BCUT2D eigenvalue weighted by atomic mass is 16.5. The van der Waals surface area contributed by atoms with Crippen molar-refractivity contribution in [1.82, 2.24) is 4.90 Å². The summed E-state index contributed by atoms with van der Waals surface area (Å²) in [4.78, 5) is 14.2. The molecule has 1 amide bonds. The molecule has 0 unspecified atom stereocenters. The molecule has 0 saturated heterocycles. The van der Waals surface area contributed by atoms with Crippen LogP contribution in [0.4, 0.5) is 5.69 Å². The highest BCUT2D eigenvalue weighted by Gasteiger charge is 2.33. The van der Waals surface area contributed by atoms with Crippen LogP contribution < -0.4 is 10.5 Å². The first-order chi connectivity index (χ1) is 10.2. The third-order valence-electron chi connectivity index (χ3n) is 3.46. The molecule has 1 heterocycles. The quantitative estimate of drug-likeness (QED) is 0.828. The second kappa shape index (κ2) is 5.91.